The fourth-order valence-electron chi connectivity index (χ4n) is 2.67. The van der Waals surface area contributed by atoms with Gasteiger partial charge in [0, 0.05) is 24.3 Å². The Morgan fingerprint density at radius 1 is 0.963 bits per heavy atom. The number of rotatable bonds is 9. The molecule has 2 aromatic rings. The highest BCUT2D eigenvalue weighted by molar-refractivity contribution is 5.96. The van der Waals surface area contributed by atoms with Gasteiger partial charge in [-0.2, -0.15) is 0 Å². The lowest BCUT2D eigenvalue weighted by atomic mass is 10.1. The second kappa shape index (κ2) is 10.4. The van der Waals surface area contributed by atoms with Crippen LogP contribution in [0.2, 0.25) is 0 Å². The Labute approximate surface area is 159 Å². The maximum Gasteiger partial charge on any atom is 0.251 e. The standard InChI is InChI=1S/C21H26FN3O2/c1-3-25(4-2)14-13-23-21(27)17-7-11-19(12-8-17)24-20(26)15-16-5-9-18(22)10-6-16/h5-12H,3-4,13-15H2,1-2H3,(H,23,27)(H,24,26). The van der Waals surface area contributed by atoms with Crippen LogP contribution in [0.4, 0.5) is 10.1 Å². The molecule has 0 fully saturated rings. The van der Waals surface area contributed by atoms with Crippen molar-refractivity contribution in [1.29, 1.82) is 0 Å². The summed E-state index contributed by atoms with van der Waals surface area (Å²) in [7, 11) is 0. The summed E-state index contributed by atoms with van der Waals surface area (Å²) >= 11 is 0. The van der Waals surface area contributed by atoms with Crippen LogP contribution >= 0.6 is 0 Å². The normalized spacial score (nSPS) is 10.7. The number of likely N-dealkylation sites (N-methyl/N-ethyl adjacent to an activating group) is 1. The van der Waals surface area contributed by atoms with Crippen LogP contribution in [0.15, 0.2) is 48.5 Å². The van der Waals surface area contributed by atoms with Crippen LogP contribution in [-0.2, 0) is 11.2 Å². The number of carbonyl (C=O) groups is 2. The second-order valence-electron chi connectivity index (χ2n) is 6.21. The number of amides is 2. The molecule has 2 aromatic carbocycles. The van der Waals surface area contributed by atoms with Crippen molar-refractivity contribution in [2.45, 2.75) is 20.3 Å². The molecule has 0 heterocycles. The van der Waals surface area contributed by atoms with Gasteiger partial charge in [0.25, 0.3) is 5.91 Å². The molecule has 0 aliphatic carbocycles. The maximum absolute atomic E-state index is 12.9. The molecule has 0 unspecified atom stereocenters. The van der Waals surface area contributed by atoms with Crippen molar-refractivity contribution in [3.63, 3.8) is 0 Å². The molecule has 2 amide bonds. The monoisotopic (exact) mass is 371 g/mol. The van der Waals surface area contributed by atoms with E-state index in [1.54, 1.807) is 36.4 Å². The number of nitrogens with zero attached hydrogens (tertiary/aromatic N) is 1. The first-order chi connectivity index (χ1) is 13.0. The summed E-state index contributed by atoms with van der Waals surface area (Å²) in [6.45, 7) is 7.51. The van der Waals surface area contributed by atoms with E-state index in [0.717, 1.165) is 25.2 Å². The van der Waals surface area contributed by atoms with E-state index in [4.69, 9.17) is 0 Å². The van der Waals surface area contributed by atoms with E-state index in [2.05, 4.69) is 29.4 Å². The average Bonchev–Trinajstić information content (AvgIpc) is 2.67. The van der Waals surface area contributed by atoms with Crippen LogP contribution in [0.3, 0.4) is 0 Å². The van der Waals surface area contributed by atoms with Crippen molar-refractivity contribution < 1.29 is 14.0 Å². The lowest BCUT2D eigenvalue weighted by Crippen LogP contribution is -2.34. The fourth-order valence-corrected chi connectivity index (χ4v) is 2.67. The number of hydrogen-bond donors (Lipinski definition) is 2. The summed E-state index contributed by atoms with van der Waals surface area (Å²) in [6.07, 6.45) is 0.161. The Kier molecular flexibility index (Phi) is 7.95. The van der Waals surface area contributed by atoms with Gasteiger partial charge in [0.15, 0.2) is 0 Å². The van der Waals surface area contributed by atoms with Gasteiger partial charge in [0.05, 0.1) is 6.42 Å². The van der Waals surface area contributed by atoms with Crippen LogP contribution in [0, 0.1) is 5.82 Å². The number of halogens is 1. The van der Waals surface area contributed by atoms with E-state index in [9.17, 15) is 14.0 Å². The highest BCUT2D eigenvalue weighted by Gasteiger charge is 2.08. The Morgan fingerprint density at radius 2 is 1.59 bits per heavy atom. The molecule has 2 rings (SSSR count). The van der Waals surface area contributed by atoms with Crippen LogP contribution in [-0.4, -0.2) is 42.9 Å². The second-order valence-corrected chi connectivity index (χ2v) is 6.21. The van der Waals surface area contributed by atoms with E-state index in [1.165, 1.54) is 12.1 Å². The lowest BCUT2D eigenvalue weighted by Gasteiger charge is -2.18. The largest absolute Gasteiger partial charge is 0.351 e. The fraction of sp³-hybridized carbons (Fsp3) is 0.333. The molecule has 0 saturated carbocycles. The Balaban J connectivity index is 1.82. The molecule has 0 radical (unpaired) electrons. The van der Waals surface area contributed by atoms with Crippen molar-refractivity contribution in [1.82, 2.24) is 10.2 Å². The molecule has 144 valence electrons. The number of carbonyl (C=O) groups excluding carboxylic acids is 2. The van der Waals surface area contributed by atoms with Crippen molar-refractivity contribution >= 4 is 17.5 Å². The zero-order valence-corrected chi connectivity index (χ0v) is 15.8. The van der Waals surface area contributed by atoms with Gasteiger partial charge in [-0.05, 0) is 55.1 Å². The summed E-state index contributed by atoms with van der Waals surface area (Å²) < 4.78 is 12.9. The van der Waals surface area contributed by atoms with Crippen molar-refractivity contribution in [2.24, 2.45) is 0 Å². The minimum atomic E-state index is -0.329. The minimum absolute atomic E-state index is 0.133. The van der Waals surface area contributed by atoms with Gasteiger partial charge in [0.1, 0.15) is 5.82 Å². The summed E-state index contributed by atoms with van der Waals surface area (Å²) in [6, 6.07) is 12.6. The zero-order valence-electron chi connectivity index (χ0n) is 15.8. The number of anilines is 1. The third-order valence-electron chi connectivity index (χ3n) is 4.32. The third kappa shape index (κ3) is 6.83. The quantitative estimate of drug-likeness (QED) is 0.712. The topological polar surface area (TPSA) is 61.4 Å². The summed E-state index contributed by atoms with van der Waals surface area (Å²) in [4.78, 5) is 26.5. The van der Waals surface area contributed by atoms with E-state index in [1.807, 2.05) is 0 Å². The van der Waals surface area contributed by atoms with Gasteiger partial charge in [0.2, 0.25) is 5.91 Å². The van der Waals surface area contributed by atoms with Crippen molar-refractivity contribution in [2.75, 3.05) is 31.5 Å². The van der Waals surface area contributed by atoms with Crippen LogP contribution in [0.5, 0.6) is 0 Å². The molecule has 2 N–H and O–H groups in total. The van der Waals surface area contributed by atoms with Crippen LogP contribution < -0.4 is 10.6 Å². The molecule has 5 nitrogen and oxygen atoms in total. The van der Waals surface area contributed by atoms with E-state index in [-0.39, 0.29) is 24.1 Å². The number of nitrogens with one attached hydrogen (secondary N) is 2. The highest BCUT2D eigenvalue weighted by Crippen LogP contribution is 2.11. The van der Waals surface area contributed by atoms with Gasteiger partial charge in [-0.15, -0.1) is 0 Å². The summed E-state index contributed by atoms with van der Waals surface area (Å²) in [5.74, 6) is -0.658. The van der Waals surface area contributed by atoms with E-state index in [0.29, 0.717) is 17.8 Å². The van der Waals surface area contributed by atoms with Crippen LogP contribution in [0.25, 0.3) is 0 Å². The van der Waals surface area contributed by atoms with Gasteiger partial charge < -0.3 is 15.5 Å². The molecule has 0 atom stereocenters. The zero-order chi connectivity index (χ0) is 19.6. The number of benzene rings is 2. The minimum Gasteiger partial charge on any atom is -0.351 e. The molecule has 0 aromatic heterocycles. The van der Waals surface area contributed by atoms with Gasteiger partial charge in [-0.25, -0.2) is 4.39 Å². The van der Waals surface area contributed by atoms with Crippen molar-refractivity contribution in [3.8, 4) is 0 Å². The van der Waals surface area contributed by atoms with Gasteiger partial charge in [-0.1, -0.05) is 26.0 Å². The van der Waals surface area contributed by atoms with E-state index < -0.39 is 0 Å². The van der Waals surface area contributed by atoms with Gasteiger partial charge in [-0.3, -0.25) is 9.59 Å². The van der Waals surface area contributed by atoms with Gasteiger partial charge >= 0.3 is 0 Å². The first-order valence-corrected chi connectivity index (χ1v) is 9.16. The Bertz CT molecular complexity index is 741. The van der Waals surface area contributed by atoms with E-state index >= 15 is 0 Å². The SMILES string of the molecule is CCN(CC)CCNC(=O)c1ccc(NC(=O)Cc2ccc(F)cc2)cc1. The molecule has 0 aliphatic rings. The predicted molar refractivity (Wildman–Crippen MR) is 105 cm³/mol. The molecule has 27 heavy (non-hydrogen) atoms. The molecule has 6 heteroatoms. The first-order valence-electron chi connectivity index (χ1n) is 9.16. The number of hydrogen-bond acceptors (Lipinski definition) is 3. The first kappa shape index (κ1) is 20.6. The molecule has 0 bridgehead atoms. The molecular weight excluding hydrogens is 345 g/mol. The Morgan fingerprint density at radius 3 is 2.19 bits per heavy atom. The smallest absolute Gasteiger partial charge is 0.251 e. The predicted octanol–water partition coefficient (Wildman–Crippen LogP) is 3.08. The molecule has 0 aliphatic heterocycles. The third-order valence-corrected chi connectivity index (χ3v) is 4.32. The Hall–Kier alpha value is -2.73. The molecule has 0 saturated heterocycles. The highest BCUT2D eigenvalue weighted by atomic mass is 19.1. The molecular formula is C21H26FN3O2. The summed E-state index contributed by atoms with van der Waals surface area (Å²) in [5, 5.41) is 5.67. The maximum atomic E-state index is 12.9. The summed E-state index contributed by atoms with van der Waals surface area (Å²) in [5.41, 5.74) is 1.89. The lowest BCUT2D eigenvalue weighted by molar-refractivity contribution is -0.115. The average molecular weight is 371 g/mol. The van der Waals surface area contributed by atoms with Crippen LogP contribution in [0.1, 0.15) is 29.8 Å². The van der Waals surface area contributed by atoms with Crippen molar-refractivity contribution in [3.05, 3.63) is 65.5 Å². The molecule has 0 spiro atoms.